The van der Waals surface area contributed by atoms with Crippen LogP contribution in [0.25, 0.3) is 0 Å². The molecule has 1 saturated heterocycles. The Morgan fingerprint density at radius 1 is 1.28 bits per heavy atom. The first kappa shape index (κ1) is 14.7. The molecule has 0 saturated carbocycles. The summed E-state index contributed by atoms with van der Waals surface area (Å²) in [5.74, 6) is -3.56. The number of ether oxygens (including phenoxy) is 1. The minimum Gasteiger partial charge on any atom is -0.481 e. The van der Waals surface area contributed by atoms with Gasteiger partial charge in [-0.2, -0.15) is 0 Å². The third-order valence-electron chi connectivity index (χ3n) is 3.26. The second kappa shape index (κ2) is 6.52. The molecule has 5 nitrogen and oxygen atoms in total. The lowest BCUT2D eigenvalue weighted by Crippen LogP contribution is -2.29. The molecule has 1 aliphatic rings. The molecule has 102 valence electrons. The molecule has 1 fully saturated rings. The van der Waals surface area contributed by atoms with Gasteiger partial charge in [-0.15, -0.1) is 0 Å². The highest BCUT2D eigenvalue weighted by molar-refractivity contribution is 5.96. The first-order valence-corrected chi connectivity index (χ1v) is 6.46. The average molecular weight is 256 g/mol. The number of carboxylic acids is 1. The van der Waals surface area contributed by atoms with E-state index in [2.05, 4.69) is 0 Å². The van der Waals surface area contributed by atoms with Gasteiger partial charge in [0, 0.05) is 18.8 Å². The number of aliphatic carboxylic acids is 1. The van der Waals surface area contributed by atoms with Crippen LogP contribution in [0.5, 0.6) is 0 Å². The Labute approximate surface area is 107 Å². The fourth-order valence-corrected chi connectivity index (χ4v) is 2.43. The molecule has 1 rings (SSSR count). The van der Waals surface area contributed by atoms with Gasteiger partial charge in [-0.1, -0.05) is 20.3 Å². The predicted octanol–water partition coefficient (Wildman–Crippen LogP) is 1.79. The number of carboxylic acid groups (broad SMARTS) is 1. The van der Waals surface area contributed by atoms with Crippen LogP contribution in [0.15, 0.2) is 0 Å². The Bertz CT molecular complexity index is 336. The van der Waals surface area contributed by atoms with Gasteiger partial charge in [0.05, 0.1) is 0 Å². The maximum absolute atomic E-state index is 11.7. The van der Waals surface area contributed by atoms with Crippen LogP contribution < -0.4 is 0 Å². The monoisotopic (exact) mass is 256 g/mol. The maximum Gasteiger partial charge on any atom is 0.321 e. The minimum absolute atomic E-state index is 0.00755. The van der Waals surface area contributed by atoms with E-state index in [9.17, 15) is 14.4 Å². The van der Waals surface area contributed by atoms with Crippen LogP contribution in [-0.2, 0) is 19.1 Å². The average Bonchev–Trinajstić information content (AvgIpc) is 2.56. The standard InChI is InChI=1S/C13H20O5/c1-3-5-8(14)7-9-10(6-4-2)18-13(17)11(9)12(15)16/h9-11H,3-7H2,1-2H3,(H,15,16). The van der Waals surface area contributed by atoms with E-state index in [0.717, 1.165) is 12.8 Å². The Kier molecular flexibility index (Phi) is 5.31. The van der Waals surface area contributed by atoms with Gasteiger partial charge in [-0.05, 0) is 12.8 Å². The normalized spacial score (nSPS) is 27.0. The fourth-order valence-electron chi connectivity index (χ4n) is 2.43. The van der Waals surface area contributed by atoms with Gasteiger partial charge in [-0.25, -0.2) is 0 Å². The van der Waals surface area contributed by atoms with Crippen molar-refractivity contribution in [3.63, 3.8) is 0 Å². The molecule has 0 aromatic rings. The van der Waals surface area contributed by atoms with Crippen LogP contribution in [0.1, 0.15) is 46.0 Å². The molecule has 0 bridgehead atoms. The molecular weight excluding hydrogens is 236 g/mol. The third kappa shape index (κ3) is 3.31. The van der Waals surface area contributed by atoms with E-state index >= 15 is 0 Å². The number of Topliss-reactive ketones (excluding diaryl/α,β-unsaturated/α-hetero) is 1. The summed E-state index contributed by atoms with van der Waals surface area (Å²) in [6.45, 7) is 3.83. The zero-order chi connectivity index (χ0) is 13.7. The first-order valence-electron chi connectivity index (χ1n) is 6.46. The van der Waals surface area contributed by atoms with Gasteiger partial charge in [-0.3, -0.25) is 14.4 Å². The van der Waals surface area contributed by atoms with E-state index in [1.165, 1.54) is 0 Å². The van der Waals surface area contributed by atoms with Crippen molar-refractivity contribution in [2.24, 2.45) is 11.8 Å². The van der Waals surface area contributed by atoms with Crippen LogP contribution in [0, 0.1) is 11.8 Å². The van der Waals surface area contributed by atoms with Crippen molar-refractivity contribution >= 4 is 17.7 Å². The molecule has 0 aromatic heterocycles. The van der Waals surface area contributed by atoms with E-state index < -0.39 is 29.9 Å². The number of esters is 1. The molecular formula is C13H20O5. The van der Waals surface area contributed by atoms with Gasteiger partial charge >= 0.3 is 11.9 Å². The number of ketones is 1. The molecule has 1 heterocycles. The molecule has 0 radical (unpaired) electrons. The summed E-state index contributed by atoms with van der Waals surface area (Å²) in [6.07, 6.45) is 2.26. The van der Waals surface area contributed by atoms with Crippen LogP contribution >= 0.6 is 0 Å². The quantitative estimate of drug-likeness (QED) is 0.554. The SMILES string of the molecule is CCCC(=O)CC1C(CCC)OC(=O)C1C(=O)O. The molecule has 5 heteroatoms. The Balaban J connectivity index is 2.80. The van der Waals surface area contributed by atoms with Crippen molar-refractivity contribution in [2.75, 3.05) is 0 Å². The summed E-state index contributed by atoms with van der Waals surface area (Å²) in [7, 11) is 0. The number of rotatable bonds is 7. The van der Waals surface area contributed by atoms with Crippen molar-refractivity contribution in [1.29, 1.82) is 0 Å². The molecule has 0 spiro atoms. The van der Waals surface area contributed by atoms with Gasteiger partial charge in [0.2, 0.25) is 0 Å². The van der Waals surface area contributed by atoms with Gasteiger partial charge in [0.1, 0.15) is 11.9 Å². The molecule has 18 heavy (non-hydrogen) atoms. The number of carbonyl (C=O) groups is 3. The van der Waals surface area contributed by atoms with Gasteiger partial charge in [0.15, 0.2) is 5.92 Å². The smallest absolute Gasteiger partial charge is 0.321 e. The topological polar surface area (TPSA) is 80.7 Å². The zero-order valence-electron chi connectivity index (χ0n) is 10.8. The van der Waals surface area contributed by atoms with E-state index in [1.54, 1.807) is 0 Å². The maximum atomic E-state index is 11.7. The summed E-state index contributed by atoms with van der Waals surface area (Å²) in [5.41, 5.74) is 0. The van der Waals surface area contributed by atoms with Crippen LogP contribution in [0.3, 0.4) is 0 Å². The van der Waals surface area contributed by atoms with Crippen LogP contribution in [0.4, 0.5) is 0 Å². The molecule has 0 aromatic carbocycles. The number of hydrogen-bond acceptors (Lipinski definition) is 4. The highest BCUT2D eigenvalue weighted by Gasteiger charge is 2.48. The molecule has 1 N–H and O–H groups in total. The molecule has 3 atom stereocenters. The van der Waals surface area contributed by atoms with E-state index in [1.807, 2.05) is 13.8 Å². The fraction of sp³-hybridized carbons (Fsp3) is 0.769. The number of carbonyl (C=O) groups excluding carboxylic acids is 2. The van der Waals surface area contributed by atoms with Crippen molar-refractivity contribution in [3.8, 4) is 0 Å². The second-order valence-corrected chi connectivity index (χ2v) is 4.74. The number of cyclic esters (lactones) is 1. The van der Waals surface area contributed by atoms with Crippen molar-refractivity contribution in [2.45, 2.75) is 52.1 Å². The number of hydrogen-bond donors (Lipinski definition) is 1. The molecule has 0 amide bonds. The lowest BCUT2D eigenvalue weighted by molar-refractivity contribution is -0.153. The Hall–Kier alpha value is -1.39. The molecule has 3 unspecified atom stereocenters. The highest BCUT2D eigenvalue weighted by atomic mass is 16.6. The Morgan fingerprint density at radius 3 is 2.44 bits per heavy atom. The summed E-state index contributed by atoms with van der Waals surface area (Å²) in [6, 6.07) is 0. The summed E-state index contributed by atoms with van der Waals surface area (Å²) < 4.78 is 5.10. The van der Waals surface area contributed by atoms with Crippen LogP contribution in [0.2, 0.25) is 0 Å². The van der Waals surface area contributed by atoms with Crippen molar-refractivity contribution in [3.05, 3.63) is 0 Å². The summed E-state index contributed by atoms with van der Waals surface area (Å²) in [4.78, 5) is 34.3. The zero-order valence-corrected chi connectivity index (χ0v) is 10.8. The lowest BCUT2D eigenvalue weighted by Gasteiger charge is -2.17. The van der Waals surface area contributed by atoms with Gasteiger partial charge < -0.3 is 9.84 Å². The second-order valence-electron chi connectivity index (χ2n) is 4.74. The van der Waals surface area contributed by atoms with Crippen molar-refractivity contribution in [1.82, 2.24) is 0 Å². The largest absolute Gasteiger partial charge is 0.481 e. The van der Waals surface area contributed by atoms with Gasteiger partial charge in [0.25, 0.3) is 0 Å². The van der Waals surface area contributed by atoms with E-state index in [0.29, 0.717) is 12.8 Å². The summed E-state index contributed by atoms with van der Waals surface area (Å²) >= 11 is 0. The first-order chi connectivity index (χ1) is 8.51. The van der Waals surface area contributed by atoms with E-state index in [-0.39, 0.29) is 12.2 Å². The van der Waals surface area contributed by atoms with Crippen LogP contribution in [-0.4, -0.2) is 28.9 Å². The van der Waals surface area contributed by atoms with E-state index in [4.69, 9.17) is 9.84 Å². The molecule has 1 aliphatic heterocycles. The Morgan fingerprint density at radius 2 is 1.94 bits per heavy atom. The summed E-state index contributed by atoms with van der Waals surface area (Å²) in [5, 5.41) is 9.07. The highest BCUT2D eigenvalue weighted by Crippen LogP contribution is 2.34. The molecule has 0 aliphatic carbocycles. The third-order valence-corrected chi connectivity index (χ3v) is 3.26. The minimum atomic E-state index is -1.19. The van der Waals surface area contributed by atoms with Crippen molar-refractivity contribution < 1.29 is 24.2 Å². The predicted molar refractivity (Wildman–Crippen MR) is 63.9 cm³/mol. The lowest BCUT2D eigenvalue weighted by atomic mass is 9.84.